The molecule has 3 aromatic carbocycles. The molecule has 228 valence electrons. The van der Waals surface area contributed by atoms with Crippen molar-refractivity contribution in [1.82, 2.24) is 20.2 Å². The monoisotopic (exact) mass is 611 g/mol. The molecule has 9 nitrogen and oxygen atoms in total. The summed E-state index contributed by atoms with van der Waals surface area (Å²) in [5.41, 5.74) is 5.60. The summed E-state index contributed by atoms with van der Waals surface area (Å²) in [5.74, 6) is -0.382. The first-order valence-corrected chi connectivity index (χ1v) is 16.5. The third-order valence-electron chi connectivity index (χ3n) is 8.43. The molecule has 3 N–H and O–H groups in total. The normalized spacial score (nSPS) is 15.7. The Morgan fingerprint density at radius 2 is 1.82 bits per heavy atom. The average Bonchev–Trinajstić information content (AvgIpc) is 3.36. The van der Waals surface area contributed by atoms with Crippen LogP contribution in [0.4, 0.5) is 5.69 Å². The first-order valence-electron chi connectivity index (χ1n) is 14.9. The van der Waals surface area contributed by atoms with Crippen LogP contribution in [0.25, 0.3) is 21.8 Å². The maximum atomic E-state index is 13.8. The van der Waals surface area contributed by atoms with E-state index in [1.54, 1.807) is 13.1 Å². The number of aromatic nitrogens is 2. The van der Waals surface area contributed by atoms with Gasteiger partial charge in [-0.15, -0.1) is 0 Å². The number of carbonyl (C=O) groups excluding carboxylic acids is 1. The van der Waals surface area contributed by atoms with E-state index in [2.05, 4.69) is 21.7 Å². The van der Waals surface area contributed by atoms with Crippen molar-refractivity contribution >= 4 is 43.4 Å². The van der Waals surface area contributed by atoms with Crippen molar-refractivity contribution < 1.29 is 18.3 Å². The second kappa shape index (κ2) is 12.4. The largest absolute Gasteiger partial charge is 0.390 e. The van der Waals surface area contributed by atoms with Gasteiger partial charge in [-0.25, -0.2) is 8.42 Å². The molecule has 0 radical (unpaired) electrons. The van der Waals surface area contributed by atoms with E-state index in [1.165, 1.54) is 4.31 Å². The Labute approximate surface area is 257 Å². The molecular weight excluding hydrogens is 574 g/mol. The molecule has 1 aliphatic heterocycles. The van der Waals surface area contributed by atoms with E-state index in [1.807, 2.05) is 84.5 Å². The van der Waals surface area contributed by atoms with Gasteiger partial charge in [0.2, 0.25) is 10.0 Å². The van der Waals surface area contributed by atoms with Gasteiger partial charge in [0.15, 0.2) is 0 Å². The number of benzene rings is 3. The van der Waals surface area contributed by atoms with E-state index in [4.69, 9.17) is 0 Å². The van der Waals surface area contributed by atoms with E-state index in [0.717, 1.165) is 44.9 Å². The quantitative estimate of drug-likeness (QED) is 0.220. The lowest BCUT2D eigenvalue weighted by Crippen LogP contribution is -2.48. The number of aliphatic hydroxyl groups is 1. The molecule has 0 fully saturated rings. The molecule has 3 heterocycles. The highest BCUT2D eigenvalue weighted by molar-refractivity contribution is 7.92. The van der Waals surface area contributed by atoms with Crippen LogP contribution in [0.2, 0.25) is 0 Å². The zero-order valence-electron chi connectivity index (χ0n) is 24.9. The number of nitrogens with zero attached hydrogens (tertiary/aromatic N) is 3. The van der Waals surface area contributed by atoms with Gasteiger partial charge >= 0.3 is 0 Å². The summed E-state index contributed by atoms with van der Waals surface area (Å²) < 4.78 is 29.2. The van der Waals surface area contributed by atoms with Crippen LogP contribution in [0.3, 0.4) is 0 Å². The molecule has 0 spiro atoms. The lowest BCUT2D eigenvalue weighted by atomic mass is 9.99. The summed E-state index contributed by atoms with van der Waals surface area (Å²) in [7, 11) is -2.00. The fraction of sp³-hybridized carbons (Fsp3) is 0.294. The fourth-order valence-electron chi connectivity index (χ4n) is 5.94. The first kappa shape index (κ1) is 29.8. The smallest absolute Gasteiger partial charge is 0.251 e. The molecule has 0 aliphatic carbocycles. The van der Waals surface area contributed by atoms with E-state index in [9.17, 15) is 18.3 Å². The number of carbonyl (C=O) groups is 1. The molecule has 5 aromatic rings. The number of rotatable bonds is 10. The summed E-state index contributed by atoms with van der Waals surface area (Å²) in [4.78, 5) is 18.3. The number of para-hydroxylation sites is 1. The SMILES string of the molecule is CCc1cn2c3c(cc(C(=O)N[C@@H](Cc4ccccc4)[C@H](O)CNCc4cnc5ccccc5c4)cc13)N(C)S(=O)(=O)CC2. The van der Waals surface area contributed by atoms with Gasteiger partial charge in [-0.05, 0) is 53.8 Å². The number of pyridine rings is 1. The van der Waals surface area contributed by atoms with Gasteiger partial charge in [0, 0.05) is 55.4 Å². The number of hydrogen-bond donors (Lipinski definition) is 3. The second-order valence-electron chi connectivity index (χ2n) is 11.4. The summed E-state index contributed by atoms with van der Waals surface area (Å²) in [6.45, 7) is 3.16. The highest BCUT2D eigenvalue weighted by Gasteiger charge is 2.29. The topological polar surface area (TPSA) is 117 Å². The van der Waals surface area contributed by atoms with Crippen molar-refractivity contribution in [3.8, 4) is 0 Å². The lowest BCUT2D eigenvalue weighted by Gasteiger charge is -2.25. The van der Waals surface area contributed by atoms with E-state index < -0.39 is 22.2 Å². The van der Waals surface area contributed by atoms with Gasteiger partial charge in [0.1, 0.15) is 0 Å². The number of aliphatic hydroxyl groups excluding tert-OH is 1. The highest BCUT2D eigenvalue weighted by Crippen LogP contribution is 2.35. The molecule has 0 saturated carbocycles. The Balaban J connectivity index is 1.24. The molecule has 6 rings (SSSR count). The number of anilines is 1. The lowest BCUT2D eigenvalue weighted by molar-refractivity contribution is 0.0830. The molecule has 10 heteroatoms. The zero-order chi connectivity index (χ0) is 30.8. The Hall–Kier alpha value is -4.25. The van der Waals surface area contributed by atoms with Gasteiger partial charge in [-0.1, -0.05) is 55.5 Å². The Morgan fingerprint density at radius 1 is 1.05 bits per heavy atom. The molecule has 44 heavy (non-hydrogen) atoms. The van der Waals surface area contributed by atoms with E-state index in [0.29, 0.717) is 30.8 Å². The maximum Gasteiger partial charge on any atom is 0.251 e. The van der Waals surface area contributed by atoms with Crippen molar-refractivity contribution in [3.05, 3.63) is 107 Å². The van der Waals surface area contributed by atoms with Gasteiger partial charge < -0.3 is 20.3 Å². The predicted octanol–water partition coefficient (Wildman–Crippen LogP) is 4.02. The van der Waals surface area contributed by atoms with E-state index >= 15 is 0 Å². The fourth-order valence-corrected chi connectivity index (χ4v) is 7.08. The number of sulfonamides is 1. The summed E-state index contributed by atoms with van der Waals surface area (Å²) in [6.07, 6.45) is 4.09. The van der Waals surface area contributed by atoms with Crippen molar-refractivity contribution in [2.24, 2.45) is 0 Å². The number of fused-ring (bicyclic) bond motifs is 1. The van der Waals surface area contributed by atoms with Gasteiger partial charge in [-0.2, -0.15) is 0 Å². The summed E-state index contributed by atoms with van der Waals surface area (Å²) >= 11 is 0. The van der Waals surface area contributed by atoms with Crippen LogP contribution in [0.1, 0.15) is 34.0 Å². The second-order valence-corrected chi connectivity index (χ2v) is 13.5. The summed E-state index contributed by atoms with van der Waals surface area (Å²) in [6, 6.07) is 22.6. The molecule has 1 aliphatic rings. The molecule has 1 amide bonds. The first-order chi connectivity index (χ1) is 21.2. The van der Waals surface area contributed by atoms with Crippen LogP contribution in [0.15, 0.2) is 85.2 Å². The van der Waals surface area contributed by atoms with Crippen LogP contribution in [-0.4, -0.2) is 60.5 Å². The summed E-state index contributed by atoms with van der Waals surface area (Å²) in [5, 5.41) is 19.6. The highest BCUT2D eigenvalue weighted by atomic mass is 32.2. The van der Waals surface area contributed by atoms with Crippen molar-refractivity contribution in [1.29, 1.82) is 0 Å². The third kappa shape index (κ3) is 6.06. The number of nitrogens with one attached hydrogen (secondary N) is 2. The minimum atomic E-state index is -3.54. The molecular formula is C34H37N5O4S. The maximum absolute atomic E-state index is 13.8. The van der Waals surface area contributed by atoms with Gasteiger partial charge in [-0.3, -0.25) is 14.1 Å². The molecule has 0 bridgehead atoms. The van der Waals surface area contributed by atoms with Gasteiger partial charge in [0.25, 0.3) is 5.91 Å². The average molecular weight is 612 g/mol. The van der Waals surface area contributed by atoms with Gasteiger partial charge in [0.05, 0.1) is 34.6 Å². The predicted molar refractivity (Wildman–Crippen MR) is 174 cm³/mol. The van der Waals surface area contributed by atoms with Crippen LogP contribution >= 0.6 is 0 Å². The number of hydrogen-bond acceptors (Lipinski definition) is 6. The van der Waals surface area contributed by atoms with Crippen LogP contribution < -0.4 is 14.9 Å². The van der Waals surface area contributed by atoms with E-state index in [-0.39, 0.29) is 18.2 Å². The van der Waals surface area contributed by atoms with Crippen LogP contribution in [0.5, 0.6) is 0 Å². The Morgan fingerprint density at radius 3 is 2.61 bits per heavy atom. The molecule has 2 atom stereocenters. The standard InChI is InChI=1S/C34H37N5O4S/c1-3-25-22-39-13-14-44(42,43)38(2)31-18-27(17-28(25)33(31)39)34(41)37-30(16-23-9-5-4-6-10-23)32(40)21-35-19-24-15-26-11-7-8-12-29(26)36-20-24/h4-12,15,17-18,20,22,30,32,35,40H,3,13-14,16,19,21H2,1-2H3,(H,37,41)/t30-,32+/m0/s1. The Kier molecular flexibility index (Phi) is 8.40. The zero-order valence-corrected chi connectivity index (χ0v) is 25.7. The Bertz CT molecular complexity index is 1920. The third-order valence-corrected chi connectivity index (χ3v) is 10.2. The minimum absolute atomic E-state index is 0.0136. The van der Waals surface area contributed by atoms with Crippen LogP contribution in [-0.2, 0) is 36.0 Å². The molecule has 2 aromatic heterocycles. The van der Waals surface area contributed by atoms with Crippen molar-refractivity contribution in [2.75, 3.05) is 23.7 Å². The van der Waals surface area contributed by atoms with Crippen molar-refractivity contribution in [3.63, 3.8) is 0 Å². The minimum Gasteiger partial charge on any atom is -0.390 e. The van der Waals surface area contributed by atoms with Crippen LogP contribution in [0, 0.1) is 0 Å². The molecule has 0 saturated heterocycles. The molecule has 0 unspecified atom stereocenters. The number of amides is 1. The number of aryl methyl sites for hydroxylation is 2. The van der Waals surface area contributed by atoms with Crippen molar-refractivity contribution in [2.45, 2.75) is 45.0 Å².